The number of anilines is 1. The summed E-state index contributed by atoms with van der Waals surface area (Å²) < 4.78 is 11.1. The average molecular weight is 474 g/mol. The summed E-state index contributed by atoms with van der Waals surface area (Å²) in [5.41, 5.74) is 3.00. The third-order valence-electron chi connectivity index (χ3n) is 5.93. The van der Waals surface area contributed by atoms with Crippen molar-refractivity contribution in [1.82, 2.24) is 20.2 Å². The van der Waals surface area contributed by atoms with E-state index in [-0.39, 0.29) is 23.9 Å². The summed E-state index contributed by atoms with van der Waals surface area (Å²) in [6.45, 7) is 4.87. The summed E-state index contributed by atoms with van der Waals surface area (Å²) in [6.07, 6.45) is 4.73. The van der Waals surface area contributed by atoms with E-state index in [0.29, 0.717) is 52.7 Å². The highest BCUT2D eigenvalue weighted by Crippen LogP contribution is 2.32. The van der Waals surface area contributed by atoms with Crippen molar-refractivity contribution >= 4 is 28.7 Å². The summed E-state index contributed by atoms with van der Waals surface area (Å²) in [5, 5.41) is 5.89. The predicted molar refractivity (Wildman–Crippen MR) is 132 cm³/mol. The number of nitrogens with one attached hydrogen (secondary N) is 2. The first-order valence-corrected chi connectivity index (χ1v) is 11.7. The Kier molecular flexibility index (Phi) is 6.22. The van der Waals surface area contributed by atoms with Crippen LogP contribution in [0.1, 0.15) is 26.7 Å². The number of amides is 3. The molecule has 5 rings (SSSR count). The van der Waals surface area contributed by atoms with Crippen LogP contribution < -0.4 is 10.6 Å². The number of rotatable bonds is 5. The number of fused-ring (bicyclic) bond motifs is 1. The minimum Gasteiger partial charge on any atom is -0.463 e. The van der Waals surface area contributed by atoms with Gasteiger partial charge in [-0.1, -0.05) is 0 Å². The predicted octanol–water partition coefficient (Wildman–Crippen LogP) is 4.92. The van der Waals surface area contributed by atoms with Gasteiger partial charge < -0.3 is 24.4 Å². The number of piperidine rings is 1. The molecule has 1 unspecified atom stereocenters. The lowest BCUT2D eigenvalue weighted by molar-refractivity contribution is -0.126. The van der Waals surface area contributed by atoms with E-state index in [1.807, 2.05) is 32.0 Å². The Morgan fingerprint density at radius 3 is 2.31 bits per heavy atom. The summed E-state index contributed by atoms with van der Waals surface area (Å²) in [4.78, 5) is 36.6. The number of carbonyl (C=O) groups excluding carboxylic acids is 2. The van der Waals surface area contributed by atoms with Gasteiger partial charge in [0.25, 0.3) is 0 Å². The number of nitrogens with zero attached hydrogens (tertiary/aromatic N) is 3. The van der Waals surface area contributed by atoms with E-state index in [2.05, 4.69) is 10.6 Å². The lowest BCUT2D eigenvalue weighted by atomic mass is 9.97. The summed E-state index contributed by atoms with van der Waals surface area (Å²) in [6, 6.07) is 12.4. The van der Waals surface area contributed by atoms with E-state index in [4.69, 9.17) is 18.8 Å². The number of likely N-dealkylation sites (tertiary alicyclic amines) is 1. The second-order valence-corrected chi connectivity index (χ2v) is 8.96. The van der Waals surface area contributed by atoms with Gasteiger partial charge in [-0.05, 0) is 69.2 Å². The Bertz CT molecular complexity index is 1330. The zero-order chi connectivity index (χ0) is 24.4. The molecule has 0 radical (unpaired) electrons. The topological polar surface area (TPSA) is 114 Å². The highest BCUT2D eigenvalue weighted by Gasteiger charge is 2.29. The minimum atomic E-state index is -0.238. The second-order valence-electron chi connectivity index (χ2n) is 8.96. The van der Waals surface area contributed by atoms with Crippen molar-refractivity contribution in [1.29, 1.82) is 0 Å². The van der Waals surface area contributed by atoms with Crippen LogP contribution in [0.2, 0.25) is 0 Å². The van der Waals surface area contributed by atoms with Crippen molar-refractivity contribution in [3.63, 3.8) is 0 Å². The van der Waals surface area contributed by atoms with E-state index >= 15 is 0 Å². The zero-order valence-corrected chi connectivity index (χ0v) is 19.7. The summed E-state index contributed by atoms with van der Waals surface area (Å²) in [5.74, 6) is 0.954. The molecule has 0 bridgehead atoms. The smallest absolute Gasteiger partial charge is 0.321 e. The molecule has 1 saturated heterocycles. The van der Waals surface area contributed by atoms with Crippen LogP contribution in [0.3, 0.4) is 0 Å². The standard InChI is InChI=1S/C26H27N5O4/c1-16(2)27-25(32)17-6-3-11-31(15-17)26(33)28-18-9-10-19-20(14-18)30-24(22-8-5-13-35-22)23(29-19)21-7-4-12-34-21/h4-5,7-10,12-14,16-17H,3,6,11,15H2,1-2H3,(H,27,32)(H,28,33). The van der Waals surface area contributed by atoms with Crippen LogP contribution >= 0.6 is 0 Å². The van der Waals surface area contributed by atoms with Gasteiger partial charge in [-0.25, -0.2) is 14.8 Å². The molecule has 0 spiro atoms. The van der Waals surface area contributed by atoms with Crippen molar-refractivity contribution in [2.75, 3.05) is 18.4 Å². The lowest BCUT2D eigenvalue weighted by Crippen LogP contribution is -2.47. The second kappa shape index (κ2) is 9.61. The first-order valence-electron chi connectivity index (χ1n) is 11.7. The molecule has 1 atom stereocenters. The first kappa shape index (κ1) is 22.6. The third-order valence-corrected chi connectivity index (χ3v) is 5.93. The van der Waals surface area contributed by atoms with Gasteiger partial charge in [-0.15, -0.1) is 0 Å². The molecule has 3 aromatic heterocycles. The van der Waals surface area contributed by atoms with Crippen molar-refractivity contribution in [3.8, 4) is 22.9 Å². The SMILES string of the molecule is CC(C)NC(=O)C1CCCN(C(=O)Nc2ccc3nc(-c4ccco4)c(-c4ccco4)nc3c2)C1. The van der Waals surface area contributed by atoms with Crippen molar-refractivity contribution < 1.29 is 18.4 Å². The molecule has 1 aliphatic heterocycles. The van der Waals surface area contributed by atoms with Gasteiger partial charge in [0.15, 0.2) is 11.5 Å². The molecule has 180 valence electrons. The molecule has 9 nitrogen and oxygen atoms in total. The largest absolute Gasteiger partial charge is 0.463 e. The quantitative estimate of drug-likeness (QED) is 0.425. The van der Waals surface area contributed by atoms with Crippen LogP contribution in [0.25, 0.3) is 33.9 Å². The number of carbonyl (C=O) groups is 2. The number of aromatic nitrogens is 2. The van der Waals surface area contributed by atoms with Crippen LogP contribution in [0.4, 0.5) is 10.5 Å². The van der Waals surface area contributed by atoms with E-state index in [1.165, 1.54) is 0 Å². The monoisotopic (exact) mass is 473 g/mol. The third kappa shape index (κ3) is 4.89. The van der Waals surface area contributed by atoms with Crippen LogP contribution in [-0.4, -0.2) is 45.9 Å². The Labute approximate surface area is 202 Å². The highest BCUT2D eigenvalue weighted by molar-refractivity contribution is 5.93. The average Bonchev–Trinajstić information content (AvgIpc) is 3.57. The van der Waals surface area contributed by atoms with Crippen molar-refractivity contribution in [2.24, 2.45) is 5.92 Å². The molecule has 4 aromatic rings. The van der Waals surface area contributed by atoms with Crippen LogP contribution in [0, 0.1) is 5.92 Å². The number of hydrogen-bond acceptors (Lipinski definition) is 6. The molecule has 1 fully saturated rings. The Morgan fingerprint density at radius 2 is 1.69 bits per heavy atom. The van der Waals surface area contributed by atoms with Gasteiger partial charge in [0.1, 0.15) is 11.4 Å². The fourth-order valence-corrected chi connectivity index (χ4v) is 4.28. The maximum atomic E-state index is 13.0. The molecule has 9 heteroatoms. The summed E-state index contributed by atoms with van der Waals surface area (Å²) >= 11 is 0. The highest BCUT2D eigenvalue weighted by atomic mass is 16.3. The number of benzene rings is 1. The van der Waals surface area contributed by atoms with E-state index in [9.17, 15) is 9.59 Å². The fraction of sp³-hybridized carbons (Fsp3) is 0.308. The van der Waals surface area contributed by atoms with E-state index < -0.39 is 0 Å². The Hall–Kier alpha value is -4.14. The molecular formula is C26H27N5O4. The first-order chi connectivity index (χ1) is 17.0. The molecule has 3 amide bonds. The van der Waals surface area contributed by atoms with Crippen molar-refractivity contribution in [3.05, 3.63) is 55.0 Å². The zero-order valence-electron chi connectivity index (χ0n) is 19.7. The number of urea groups is 1. The summed E-state index contributed by atoms with van der Waals surface area (Å²) in [7, 11) is 0. The number of furan rings is 2. The van der Waals surface area contributed by atoms with Gasteiger partial charge in [0.2, 0.25) is 5.91 Å². The Balaban J connectivity index is 1.38. The van der Waals surface area contributed by atoms with Gasteiger partial charge in [0.05, 0.1) is 29.5 Å². The lowest BCUT2D eigenvalue weighted by Gasteiger charge is -2.32. The van der Waals surface area contributed by atoms with Gasteiger partial charge in [0, 0.05) is 24.8 Å². The van der Waals surface area contributed by atoms with Gasteiger partial charge in [-0.3, -0.25) is 4.79 Å². The Morgan fingerprint density at radius 1 is 1.00 bits per heavy atom. The normalized spacial score (nSPS) is 16.0. The minimum absolute atomic E-state index is 0.00343. The van der Waals surface area contributed by atoms with Crippen LogP contribution in [-0.2, 0) is 4.79 Å². The molecule has 0 saturated carbocycles. The maximum Gasteiger partial charge on any atom is 0.321 e. The maximum absolute atomic E-state index is 13.0. The van der Waals surface area contributed by atoms with E-state index in [1.54, 1.807) is 41.7 Å². The van der Waals surface area contributed by atoms with Crippen molar-refractivity contribution in [2.45, 2.75) is 32.7 Å². The number of hydrogen-bond donors (Lipinski definition) is 2. The molecule has 1 aromatic carbocycles. The molecule has 35 heavy (non-hydrogen) atoms. The van der Waals surface area contributed by atoms with Gasteiger partial charge >= 0.3 is 6.03 Å². The van der Waals surface area contributed by atoms with E-state index in [0.717, 1.165) is 12.8 Å². The fourth-order valence-electron chi connectivity index (χ4n) is 4.28. The molecule has 0 aliphatic carbocycles. The molecular weight excluding hydrogens is 446 g/mol. The molecule has 1 aliphatic rings. The van der Waals surface area contributed by atoms with Gasteiger partial charge in [-0.2, -0.15) is 0 Å². The molecule has 4 heterocycles. The van der Waals surface area contributed by atoms with Crippen LogP contribution in [0.15, 0.2) is 63.8 Å². The molecule has 2 N–H and O–H groups in total. The van der Waals surface area contributed by atoms with Crippen LogP contribution in [0.5, 0.6) is 0 Å².